The van der Waals surface area contributed by atoms with E-state index in [1.165, 1.54) is 167 Å². The molecule has 1 atom stereocenters. The Bertz CT molecular complexity index is 674. The normalized spacial score (nSPS) is 12.9. The Morgan fingerprint density at radius 2 is 0.833 bits per heavy atom. The molecule has 48 heavy (non-hydrogen) atoms. The van der Waals surface area contributed by atoms with Gasteiger partial charge in [-0.05, 0) is 31.0 Å². The van der Waals surface area contributed by atoms with Crippen LogP contribution in [0.2, 0.25) is 18.1 Å². The van der Waals surface area contributed by atoms with Crippen molar-refractivity contribution in [1.82, 2.24) is 0 Å². The summed E-state index contributed by atoms with van der Waals surface area (Å²) in [6.45, 7) is 17.5. The van der Waals surface area contributed by atoms with E-state index in [0.717, 1.165) is 25.9 Å². The Kier molecular flexibility index (Phi) is 33.5. The lowest BCUT2D eigenvalue weighted by atomic mass is 10.0. The maximum atomic E-state index is 12.7. The van der Waals surface area contributed by atoms with Crippen molar-refractivity contribution in [1.29, 1.82) is 0 Å². The molecule has 5 heteroatoms. The van der Waals surface area contributed by atoms with Gasteiger partial charge in [0.2, 0.25) is 0 Å². The molecule has 0 aromatic carbocycles. The molecule has 288 valence electrons. The number of esters is 1. The van der Waals surface area contributed by atoms with Gasteiger partial charge in [0.1, 0.15) is 6.10 Å². The average Bonchev–Trinajstić information content (AvgIpc) is 3.04. The number of ether oxygens (including phenoxy) is 2. The molecule has 0 fully saturated rings. The molecule has 0 amide bonds. The second kappa shape index (κ2) is 33.7. The molecular formula is C43H88O4Si. The van der Waals surface area contributed by atoms with Crippen LogP contribution in [-0.4, -0.2) is 40.2 Å². The van der Waals surface area contributed by atoms with Crippen LogP contribution in [0.15, 0.2) is 0 Å². The van der Waals surface area contributed by atoms with Crippen LogP contribution in [0.4, 0.5) is 0 Å². The molecule has 0 saturated carbocycles. The van der Waals surface area contributed by atoms with E-state index >= 15 is 0 Å². The number of carbonyl (C=O) groups is 1. The Balaban J connectivity index is 4.03. The van der Waals surface area contributed by atoms with Crippen molar-refractivity contribution in [3.63, 3.8) is 0 Å². The minimum absolute atomic E-state index is 0.0899. The number of carbonyl (C=O) groups excluding carboxylic acids is 1. The Hall–Kier alpha value is -0.393. The maximum Gasteiger partial charge on any atom is 0.306 e. The average molecular weight is 697 g/mol. The smallest absolute Gasteiger partial charge is 0.306 e. The summed E-state index contributed by atoms with van der Waals surface area (Å²) in [5.41, 5.74) is 0. The van der Waals surface area contributed by atoms with Crippen LogP contribution in [0.1, 0.15) is 227 Å². The van der Waals surface area contributed by atoms with E-state index in [2.05, 4.69) is 47.7 Å². The highest BCUT2D eigenvalue weighted by atomic mass is 28.4. The largest absolute Gasteiger partial charge is 0.457 e. The third-order valence-electron chi connectivity index (χ3n) is 10.7. The first kappa shape index (κ1) is 47.6. The standard InChI is InChI=1S/C43H88O4Si/c1-8-10-12-14-16-18-20-22-23-24-26-28-30-32-34-36-38-45-39-41(40-46-48(6,7)43(3,4)5)47-42(44)37-35-33-31-29-27-25-21-19-17-15-13-11-9-2/h41H,8-40H2,1-7H3/t41-/m0/s1. The highest BCUT2D eigenvalue weighted by Crippen LogP contribution is 2.36. The lowest BCUT2D eigenvalue weighted by Crippen LogP contribution is -2.44. The number of hydrogen-bond acceptors (Lipinski definition) is 4. The zero-order valence-corrected chi connectivity index (χ0v) is 35.0. The quantitative estimate of drug-likeness (QED) is 0.0368. The Morgan fingerprint density at radius 3 is 1.19 bits per heavy atom. The molecular weight excluding hydrogens is 609 g/mol. The van der Waals surface area contributed by atoms with Crippen molar-refractivity contribution in [2.24, 2.45) is 0 Å². The van der Waals surface area contributed by atoms with Gasteiger partial charge in [0.05, 0.1) is 13.2 Å². The lowest BCUT2D eigenvalue weighted by Gasteiger charge is -2.37. The van der Waals surface area contributed by atoms with Crippen LogP contribution in [0.5, 0.6) is 0 Å². The minimum Gasteiger partial charge on any atom is -0.457 e. The van der Waals surface area contributed by atoms with Crippen LogP contribution in [0.3, 0.4) is 0 Å². The highest BCUT2D eigenvalue weighted by molar-refractivity contribution is 6.74. The van der Waals surface area contributed by atoms with Crippen molar-refractivity contribution < 1.29 is 18.7 Å². The van der Waals surface area contributed by atoms with Crippen molar-refractivity contribution in [3.05, 3.63) is 0 Å². The van der Waals surface area contributed by atoms with E-state index in [-0.39, 0.29) is 17.1 Å². The van der Waals surface area contributed by atoms with E-state index in [1.807, 2.05) is 0 Å². The van der Waals surface area contributed by atoms with Gasteiger partial charge in [0, 0.05) is 13.0 Å². The van der Waals surface area contributed by atoms with Crippen LogP contribution in [0, 0.1) is 0 Å². The molecule has 0 aliphatic carbocycles. The molecule has 0 heterocycles. The first-order valence-corrected chi connectivity index (χ1v) is 24.5. The molecule has 0 aliphatic heterocycles. The van der Waals surface area contributed by atoms with Gasteiger partial charge in [-0.25, -0.2) is 0 Å². The molecule has 4 nitrogen and oxygen atoms in total. The predicted octanol–water partition coefficient (Wildman–Crippen LogP) is 14.7. The fourth-order valence-electron chi connectivity index (χ4n) is 6.13. The third-order valence-corrected chi connectivity index (χ3v) is 15.2. The molecule has 0 unspecified atom stereocenters. The first-order valence-electron chi connectivity index (χ1n) is 21.5. The molecule has 0 aromatic heterocycles. The SMILES string of the molecule is CCCCCCCCCCCCCCCCCCOC[C@@H](CO[Si](C)(C)C(C)(C)C)OC(=O)CCCCCCCCCCCCCCC. The van der Waals surface area contributed by atoms with Gasteiger partial charge in [-0.2, -0.15) is 0 Å². The molecule has 0 saturated heterocycles. The van der Waals surface area contributed by atoms with Crippen LogP contribution >= 0.6 is 0 Å². The topological polar surface area (TPSA) is 44.8 Å². The second-order valence-electron chi connectivity index (χ2n) is 16.6. The summed E-state index contributed by atoms with van der Waals surface area (Å²) in [6, 6.07) is 0. The van der Waals surface area contributed by atoms with Crippen molar-refractivity contribution in [2.45, 2.75) is 251 Å². The van der Waals surface area contributed by atoms with Gasteiger partial charge >= 0.3 is 5.97 Å². The fourth-order valence-corrected chi connectivity index (χ4v) is 7.17. The van der Waals surface area contributed by atoms with Crippen LogP contribution in [0.25, 0.3) is 0 Å². The van der Waals surface area contributed by atoms with Crippen molar-refractivity contribution >= 4 is 14.3 Å². The lowest BCUT2D eigenvalue weighted by molar-refractivity contribution is -0.154. The van der Waals surface area contributed by atoms with E-state index in [9.17, 15) is 4.79 Å². The summed E-state index contributed by atoms with van der Waals surface area (Å²) in [5.74, 6) is -0.0899. The van der Waals surface area contributed by atoms with E-state index in [1.54, 1.807) is 0 Å². The molecule has 0 spiro atoms. The third kappa shape index (κ3) is 31.6. The maximum absolute atomic E-state index is 12.7. The zero-order chi connectivity index (χ0) is 35.6. The van der Waals surface area contributed by atoms with Crippen LogP contribution < -0.4 is 0 Å². The summed E-state index contributed by atoms with van der Waals surface area (Å²) >= 11 is 0. The predicted molar refractivity (Wildman–Crippen MR) is 214 cm³/mol. The highest BCUT2D eigenvalue weighted by Gasteiger charge is 2.38. The van der Waals surface area contributed by atoms with Gasteiger partial charge in [0.15, 0.2) is 8.32 Å². The van der Waals surface area contributed by atoms with Crippen molar-refractivity contribution in [3.8, 4) is 0 Å². The minimum atomic E-state index is -1.92. The van der Waals surface area contributed by atoms with E-state index in [4.69, 9.17) is 13.9 Å². The van der Waals surface area contributed by atoms with Gasteiger partial charge in [-0.3, -0.25) is 4.79 Å². The summed E-state index contributed by atoms with van der Waals surface area (Å²) in [6.07, 6.45) is 39.2. The summed E-state index contributed by atoms with van der Waals surface area (Å²) in [4.78, 5) is 12.7. The zero-order valence-electron chi connectivity index (χ0n) is 34.0. The van der Waals surface area contributed by atoms with Gasteiger partial charge in [-0.1, -0.05) is 208 Å². The van der Waals surface area contributed by atoms with Crippen LogP contribution in [-0.2, 0) is 18.7 Å². The van der Waals surface area contributed by atoms with Crippen molar-refractivity contribution in [2.75, 3.05) is 19.8 Å². The molecule has 0 rings (SSSR count). The molecule has 0 radical (unpaired) electrons. The molecule has 0 aromatic rings. The first-order chi connectivity index (χ1) is 23.1. The second-order valence-corrected chi connectivity index (χ2v) is 21.4. The number of rotatable bonds is 37. The Morgan fingerprint density at radius 1 is 0.500 bits per heavy atom. The molecule has 0 bridgehead atoms. The molecule has 0 N–H and O–H groups in total. The summed E-state index contributed by atoms with van der Waals surface area (Å²) in [5, 5.41) is 0.130. The monoisotopic (exact) mass is 697 g/mol. The Labute approximate surface area is 303 Å². The van der Waals surface area contributed by atoms with Gasteiger partial charge in [-0.15, -0.1) is 0 Å². The van der Waals surface area contributed by atoms with Gasteiger partial charge < -0.3 is 13.9 Å². The van der Waals surface area contributed by atoms with E-state index < -0.39 is 8.32 Å². The summed E-state index contributed by atoms with van der Waals surface area (Å²) < 4.78 is 18.4. The van der Waals surface area contributed by atoms with E-state index in [0.29, 0.717) is 19.6 Å². The molecule has 0 aliphatic rings. The summed E-state index contributed by atoms with van der Waals surface area (Å²) in [7, 11) is -1.92. The number of unbranched alkanes of at least 4 members (excludes halogenated alkanes) is 27. The fraction of sp³-hybridized carbons (Fsp3) is 0.977. The van der Waals surface area contributed by atoms with Gasteiger partial charge in [0.25, 0.3) is 0 Å². The number of hydrogen-bond donors (Lipinski definition) is 0.